The number of hydrogen-bond donors (Lipinski definition) is 1. The lowest BCUT2D eigenvalue weighted by Crippen LogP contribution is -2.32. The van der Waals surface area contributed by atoms with Gasteiger partial charge in [0.1, 0.15) is 0 Å². The second kappa shape index (κ2) is 6.69. The third-order valence-electron chi connectivity index (χ3n) is 3.10. The largest absolute Gasteiger partial charge is 0.342 e. The molecule has 3 heteroatoms. The Hall–Kier alpha value is -0.830. The van der Waals surface area contributed by atoms with Gasteiger partial charge in [-0.3, -0.25) is 4.79 Å². The quantitative estimate of drug-likeness (QED) is 0.722. The topological polar surface area (TPSA) is 32.3 Å². The van der Waals surface area contributed by atoms with Crippen molar-refractivity contribution in [2.75, 3.05) is 26.7 Å². The Kier molecular flexibility index (Phi) is 5.53. The zero-order chi connectivity index (χ0) is 12.0. The number of hydrogen-bond acceptors (Lipinski definition) is 2. The van der Waals surface area contributed by atoms with Crippen LogP contribution in [-0.2, 0) is 4.79 Å². The Morgan fingerprint density at radius 2 is 2.31 bits per heavy atom. The van der Waals surface area contributed by atoms with Crippen LogP contribution in [0.3, 0.4) is 0 Å². The lowest BCUT2D eigenvalue weighted by molar-refractivity contribution is -0.129. The van der Waals surface area contributed by atoms with Gasteiger partial charge in [-0.1, -0.05) is 12.2 Å². The number of carbonyl (C=O) groups is 1. The van der Waals surface area contributed by atoms with Gasteiger partial charge in [0.15, 0.2) is 0 Å². The molecular weight excluding hydrogens is 200 g/mol. The molecule has 1 rings (SSSR count). The molecule has 0 aromatic carbocycles. The van der Waals surface area contributed by atoms with E-state index in [1.54, 1.807) is 4.90 Å². The molecule has 1 unspecified atom stereocenters. The highest BCUT2D eigenvalue weighted by Gasteiger charge is 2.15. The van der Waals surface area contributed by atoms with E-state index < -0.39 is 0 Å². The summed E-state index contributed by atoms with van der Waals surface area (Å²) < 4.78 is 0. The summed E-state index contributed by atoms with van der Waals surface area (Å²) >= 11 is 0. The summed E-state index contributed by atoms with van der Waals surface area (Å²) in [5.41, 5.74) is 1.04. The second-order valence-corrected chi connectivity index (χ2v) is 4.96. The molecular formula is C13H24N2O. The van der Waals surface area contributed by atoms with E-state index in [1.165, 1.54) is 12.8 Å². The highest BCUT2D eigenvalue weighted by molar-refractivity contribution is 5.76. The van der Waals surface area contributed by atoms with E-state index in [0.717, 1.165) is 25.1 Å². The maximum atomic E-state index is 11.8. The van der Waals surface area contributed by atoms with Crippen molar-refractivity contribution < 1.29 is 4.79 Å². The maximum Gasteiger partial charge on any atom is 0.222 e. The van der Waals surface area contributed by atoms with Crippen molar-refractivity contribution in [1.82, 2.24) is 10.2 Å². The van der Waals surface area contributed by atoms with Gasteiger partial charge in [0, 0.05) is 20.0 Å². The van der Waals surface area contributed by atoms with Gasteiger partial charge in [-0.2, -0.15) is 0 Å². The van der Waals surface area contributed by atoms with Crippen molar-refractivity contribution >= 4 is 5.91 Å². The Bertz CT molecular complexity index is 244. The van der Waals surface area contributed by atoms with Gasteiger partial charge in [-0.25, -0.2) is 0 Å². The Morgan fingerprint density at radius 1 is 1.56 bits per heavy atom. The number of rotatable bonds is 5. The minimum Gasteiger partial charge on any atom is -0.342 e. The van der Waals surface area contributed by atoms with E-state index in [9.17, 15) is 4.79 Å². The normalized spacial score (nSPS) is 20.5. The molecule has 0 aromatic rings. The van der Waals surface area contributed by atoms with Crippen LogP contribution >= 0.6 is 0 Å². The molecule has 1 fully saturated rings. The fraction of sp³-hybridized carbons (Fsp3) is 0.769. The van der Waals surface area contributed by atoms with Crippen LogP contribution in [-0.4, -0.2) is 37.5 Å². The average Bonchev–Trinajstić information content (AvgIpc) is 2.26. The molecule has 0 aliphatic carbocycles. The van der Waals surface area contributed by atoms with Crippen molar-refractivity contribution in [3.05, 3.63) is 12.2 Å². The number of amides is 1. The molecule has 0 radical (unpaired) electrons. The summed E-state index contributed by atoms with van der Waals surface area (Å²) in [5, 5.41) is 3.38. The predicted molar refractivity (Wildman–Crippen MR) is 67.3 cm³/mol. The first-order valence-electron chi connectivity index (χ1n) is 6.18. The summed E-state index contributed by atoms with van der Waals surface area (Å²) in [7, 11) is 1.86. The molecule has 1 amide bonds. The smallest absolute Gasteiger partial charge is 0.222 e. The molecule has 0 saturated carbocycles. The zero-order valence-electron chi connectivity index (χ0n) is 10.6. The van der Waals surface area contributed by atoms with Gasteiger partial charge < -0.3 is 10.2 Å². The number of nitrogens with one attached hydrogen (secondary N) is 1. The first kappa shape index (κ1) is 13.2. The number of piperidine rings is 1. The van der Waals surface area contributed by atoms with E-state index in [4.69, 9.17) is 0 Å². The van der Waals surface area contributed by atoms with Crippen molar-refractivity contribution in [3.63, 3.8) is 0 Å². The fourth-order valence-corrected chi connectivity index (χ4v) is 2.18. The minimum atomic E-state index is 0.244. The van der Waals surface area contributed by atoms with Gasteiger partial charge in [0.05, 0.1) is 0 Å². The Labute approximate surface area is 98.9 Å². The van der Waals surface area contributed by atoms with Gasteiger partial charge in [0.2, 0.25) is 5.91 Å². The van der Waals surface area contributed by atoms with Crippen LogP contribution in [0, 0.1) is 5.92 Å². The molecule has 0 spiro atoms. The fourth-order valence-electron chi connectivity index (χ4n) is 2.18. The van der Waals surface area contributed by atoms with Gasteiger partial charge >= 0.3 is 0 Å². The van der Waals surface area contributed by atoms with E-state index in [0.29, 0.717) is 18.9 Å². The monoisotopic (exact) mass is 224 g/mol. The molecule has 3 nitrogen and oxygen atoms in total. The van der Waals surface area contributed by atoms with Crippen LogP contribution in [0.2, 0.25) is 0 Å². The van der Waals surface area contributed by atoms with Crippen molar-refractivity contribution in [1.29, 1.82) is 0 Å². The molecule has 1 heterocycles. The van der Waals surface area contributed by atoms with E-state index >= 15 is 0 Å². The standard InChI is InChI=1S/C13H24N2O/c1-11(2)10-15(3)13(16)7-6-12-5-4-8-14-9-12/h12,14H,1,4-10H2,2-3H3. The Balaban J connectivity index is 2.20. The molecule has 92 valence electrons. The highest BCUT2D eigenvalue weighted by Crippen LogP contribution is 2.16. The molecule has 16 heavy (non-hydrogen) atoms. The van der Waals surface area contributed by atoms with E-state index in [2.05, 4.69) is 11.9 Å². The molecule has 1 aliphatic heterocycles. The highest BCUT2D eigenvalue weighted by atomic mass is 16.2. The number of likely N-dealkylation sites (N-methyl/N-ethyl adjacent to an activating group) is 1. The van der Waals surface area contributed by atoms with Crippen LogP contribution in [0.4, 0.5) is 0 Å². The van der Waals surface area contributed by atoms with Gasteiger partial charge in [-0.05, 0) is 45.2 Å². The Morgan fingerprint density at radius 3 is 2.88 bits per heavy atom. The van der Waals surface area contributed by atoms with Gasteiger partial charge in [-0.15, -0.1) is 0 Å². The molecule has 1 N–H and O–H groups in total. The zero-order valence-corrected chi connectivity index (χ0v) is 10.6. The van der Waals surface area contributed by atoms with E-state index in [1.807, 2.05) is 14.0 Å². The summed E-state index contributed by atoms with van der Waals surface area (Å²) in [6.07, 6.45) is 4.22. The van der Waals surface area contributed by atoms with Crippen LogP contribution in [0.15, 0.2) is 12.2 Å². The summed E-state index contributed by atoms with van der Waals surface area (Å²) in [4.78, 5) is 13.6. The second-order valence-electron chi connectivity index (χ2n) is 4.96. The summed E-state index contributed by atoms with van der Waals surface area (Å²) in [6.45, 7) is 8.68. The molecule has 0 aromatic heterocycles. The van der Waals surface area contributed by atoms with Gasteiger partial charge in [0.25, 0.3) is 0 Å². The van der Waals surface area contributed by atoms with Crippen LogP contribution in [0.25, 0.3) is 0 Å². The first-order chi connectivity index (χ1) is 7.59. The summed E-state index contributed by atoms with van der Waals surface area (Å²) in [5.74, 6) is 0.935. The lowest BCUT2D eigenvalue weighted by atomic mass is 9.94. The van der Waals surface area contributed by atoms with Crippen LogP contribution in [0.1, 0.15) is 32.6 Å². The molecule has 1 atom stereocenters. The third kappa shape index (κ3) is 4.79. The number of nitrogens with zero attached hydrogens (tertiary/aromatic N) is 1. The molecule has 0 bridgehead atoms. The van der Waals surface area contributed by atoms with E-state index in [-0.39, 0.29) is 5.91 Å². The van der Waals surface area contributed by atoms with Crippen molar-refractivity contribution in [2.24, 2.45) is 5.92 Å². The maximum absolute atomic E-state index is 11.8. The van der Waals surface area contributed by atoms with Crippen molar-refractivity contribution in [3.8, 4) is 0 Å². The third-order valence-corrected chi connectivity index (χ3v) is 3.10. The number of carbonyl (C=O) groups excluding carboxylic acids is 1. The van der Waals surface area contributed by atoms with Crippen LogP contribution < -0.4 is 5.32 Å². The van der Waals surface area contributed by atoms with Crippen molar-refractivity contribution in [2.45, 2.75) is 32.6 Å². The predicted octanol–water partition coefficient (Wildman–Crippen LogP) is 1.80. The minimum absolute atomic E-state index is 0.244. The summed E-state index contributed by atoms with van der Waals surface area (Å²) in [6, 6.07) is 0. The lowest BCUT2D eigenvalue weighted by Gasteiger charge is -2.23. The molecule has 1 aliphatic rings. The SMILES string of the molecule is C=C(C)CN(C)C(=O)CCC1CCCNC1. The first-order valence-corrected chi connectivity index (χ1v) is 6.18. The molecule has 1 saturated heterocycles. The average molecular weight is 224 g/mol. The van der Waals surface area contributed by atoms with Crippen LogP contribution in [0.5, 0.6) is 0 Å².